The van der Waals surface area contributed by atoms with Crippen molar-refractivity contribution in [2.45, 2.75) is 26.1 Å². The molecule has 1 atom stereocenters. The summed E-state index contributed by atoms with van der Waals surface area (Å²) < 4.78 is 1.10. The highest BCUT2D eigenvalue weighted by Crippen LogP contribution is 2.35. The van der Waals surface area contributed by atoms with Gasteiger partial charge in [-0.05, 0) is 48.6 Å². The van der Waals surface area contributed by atoms with Gasteiger partial charge in [-0.15, -0.1) is 11.6 Å². The molecule has 0 aromatic heterocycles. The predicted molar refractivity (Wildman–Crippen MR) is 82.5 cm³/mol. The Morgan fingerprint density at radius 3 is 2.33 bits per heavy atom. The summed E-state index contributed by atoms with van der Waals surface area (Å²) in [6.07, 6.45) is 0. The van der Waals surface area contributed by atoms with Gasteiger partial charge in [-0.1, -0.05) is 52.3 Å². The zero-order valence-corrected chi connectivity index (χ0v) is 13.1. The van der Waals surface area contributed by atoms with E-state index in [1.807, 2.05) is 6.07 Å². The van der Waals surface area contributed by atoms with Crippen molar-refractivity contribution in [1.82, 2.24) is 0 Å². The fourth-order valence-corrected chi connectivity index (χ4v) is 2.91. The monoisotopic (exact) mass is 322 g/mol. The van der Waals surface area contributed by atoms with Gasteiger partial charge in [0.25, 0.3) is 0 Å². The number of hydrogen-bond donors (Lipinski definition) is 0. The molecular weight excluding hydrogens is 308 g/mol. The molecule has 0 aliphatic carbocycles. The van der Waals surface area contributed by atoms with E-state index in [2.05, 4.69) is 67.0 Å². The second-order valence-corrected chi connectivity index (χ2v) is 5.91. The molecule has 0 spiro atoms. The molecule has 0 aliphatic heterocycles. The summed E-state index contributed by atoms with van der Waals surface area (Å²) in [5.41, 5.74) is 6.06. The van der Waals surface area contributed by atoms with E-state index in [1.54, 1.807) is 0 Å². The van der Waals surface area contributed by atoms with Gasteiger partial charge in [0, 0.05) is 4.47 Å². The van der Waals surface area contributed by atoms with Crippen molar-refractivity contribution in [3.05, 3.63) is 68.7 Å². The third kappa shape index (κ3) is 2.62. The van der Waals surface area contributed by atoms with Crippen molar-refractivity contribution in [3.8, 4) is 0 Å². The first-order chi connectivity index (χ1) is 8.50. The van der Waals surface area contributed by atoms with Crippen molar-refractivity contribution >= 4 is 27.5 Å². The topological polar surface area (TPSA) is 0 Å². The Morgan fingerprint density at radius 2 is 1.67 bits per heavy atom. The van der Waals surface area contributed by atoms with Crippen molar-refractivity contribution in [2.24, 2.45) is 0 Å². The first-order valence-corrected chi connectivity index (χ1v) is 7.20. The average molecular weight is 324 g/mol. The number of rotatable bonds is 2. The van der Waals surface area contributed by atoms with Gasteiger partial charge < -0.3 is 0 Å². The van der Waals surface area contributed by atoms with Crippen molar-refractivity contribution < 1.29 is 0 Å². The van der Waals surface area contributed by atoms with E-state index in [0.29, 0.717) is 0 Å². The SMILES string of the molecule is Cc1ccc(C(Cl)c2cccc(C)c2Br)cc1C. The number of halogens is 2. The van der Waals surface area contributed by atoms with Gasteiger partial charge in [0.15, 0.2) is 0 Å². The first kappa shape index (κ1) is 13.6. The van der Waals surface area contributed by atoms with E-state index in [9.17, 15) is 0 Å². The summed E-state index contributed by atoms with van der Waals surface area (Å²) in [4.78, 5) is 0. The highest BCUT2D eigenvalue weighted by molar-refractivity contribution is 9.10. The lowest BCUT2D eigenvalue weighted by Crippen LogP contribution is -1.97. The van der Waals surface area contributed by atoms with Crippen LogP contribution < -0.4 is 0 Å². The van der Waals surface area contributed by atoms with Gasteiger partial charge in [0.05, 0.1) is 5.38 Å². The molecule has 2 rings (SSSR count). The minimum atomic E-state index is -0.112. The molecule has 0 nitrogen and oxygen atoms in total. The molecule has 2 aromatic carbocycles. The maximum Gasteiger partial charge on any atom is 0.0846 e. The lowest BCUT2D eigenvalue weighted by atomic mass is 9.99. The summed E-state index contributed by atoms with van der Waals surface area (Å²) in [6, 6.07) is 12.6. The van der Waals surface area contributed by atoms with Gasteiger partial charge >= 0.3 is 0 Å². The third-order valence-corrected chi connectivity index (χ3v) is 4.89. The molecule has 94 valence electrons. The van der Waals surface area contributed by atoms with E-state index in [1.165, 1.54) is 16.7 Å². The van der Waals surface area contributed by atoms with E-state index in [4.69, 9.17) is 11.6 Å². The molecule has 2 aromatic rings. The average Bonchev–Trinajstić information content (AvgIpc) is 2.35. The Balaban J connectivity index is 2.44. The predicted octanol–water partition coefficient (Wildman–Crippen LogP) is 5.70. The van der Waals surface area contributed by atoms with Crippen LogP contribution in [0, 0.1) is 20.8 Å². The summed E-state index contributed by atoms with van der Waals surface area (Å²) in [5, 5.41) is -0.112. The third-order valence-electron chi connectivity index (χ3n) is 3.32. The van der Waals surface area contributed by atoms with Gasteiger partial charge in [0.1, 0.15) is 0 Å². The molecular formula is C16H16BrCl. The van der Waals surface area contributed by atoms with E-state index < -0.39 is 0 Å². The van der Waals surface area contributed by atoms with Gasteiger partial charge in [-0.25, -0.2) is 0 Å². The van der Waals surface area contributed by atoms with Crippen LogP contribution in [0.4, 0.5) is 0 Å². The van der Waals surface area contributed by atoms with Crippen LogP contribution in [0.2, 0.25) is 0 Å². The Bertz CT molecular complexity index is 575. The number of aryl methyl sites for hydroxylation is 3. The lowest BCUT2D eigenvalue weighted by molar-refractivity contribution is 1.10. The minimum absolute atomic E-state index is 0.112. The maximum atomic E-state index is 6.60. The molecule has 1 unspecified atom stereocenters. The minimum Gasteiger partial charge on any atom is -0.113 e. The van der Waals surface area contributed by atoms with Crippen molar-refractivity contribution in [2.75, 3.05) is 0 Å². The molecule has 0 bridgehead atoms. The van der Waals surface area contributed by atoms with Crippen LogP contribution >= 0.6 is 27.5 Å². The summed E-state index contributed by atoms with van der Waals surface area (Å²) >= 11 is 10.2. The number of alkyl halides is 1. The lowest BCUT2D eigenvalue weighted by Gasteiger charge is -2.15. The van der Waals surface area contributed by atoms with Gasteiger partial charge in [-0.3, -0.25) is 0 Å². The van der Waals surface area contributed by atoms with Crippen LogP contribution in [0.25, 0.3) is 0 Å². The van der Waals surface area contributed by atoms with E-state index in [-0.39, 0.29) is 5.38 Å². The normalized spacial score (nSPS) is 12.5. The molecule has 0 amide bonds. The van der Waals surface area contributed by atoms with Crippen LogP contribution in [0.5, 0.6) is 0 Å². The Labute approximate surface area is 122 Å². The Morgan fingerprint density at radius 1 is 0.944 bits per heavy atom. The summed E-state index contributed by atoms with van der Waals surface area (Å²) in [7, 11) is 0. The second kappa shape index (κ2) is 5.46. The van der Waals surface area contributed by atoms with Gasteiger partial charge in [0.2, 0.25) is 0 Å². The standard InChI is InChI=1S/C16H16BrCl/c1-10-7-8-13(9-12(10)3)16(18)14-6-4-5-11(2)15(14)17/h4-9,16H,1-3H3. The Kier molecular flexibility index (Phi) is 4.14. The molecule has 0 saturated heterocycles. The number of hydrogen-bond acceptors (Lipinski definition) is 0. The quantitative estimate of drug-likeness (QED) is 0.622. The smallest absolute Gasteiger partial charge is 0.0846 e. The fourth-order valence-electron chi connectivity index (χ4n) is 1.97. The van der Waals surface area contributed by atoms with E-state index >= 15 is 0 Å². The zero-order valence-electron chi connectivity index (χ0n) is 10.8. The van der Waals surface area contributed by atoms with Crippen LogP contribution in [-0.4, -0.2) is 0 Å². The van der Waals surface area contributed by atoms with Crippen molar-refractivity contribution in [3.63, 3.8) is 0 Å². The summed E-state index contributed by atoms with van der Waals surface area (Å²) in [6.45, 7) is 6.32. The molecule has 0 saturated carbocycles. The molecule has 18 heavy (non-hydrogen) atoms. The van der Waals surface area contributed by atoms with Crippen LogP contribution in [-0.2, 0) is 0 Å². The highest BCUT2D eigenvalue weighted by Gasteiger charge is 2.15. The molecule has 0 radical (unpaired) electrons. The largest absolute Gasteiger partial charge is 0.113 e. The molecule has 2 heteroatoms. The second-order valence-electron chi connectivity index (χ2n) is 4.68. The van der Waals surface area contributed by atoms with Crippen LogP contribution in [0.3, 0.4) is 0 Å². The highest BCUT2D eigenvalue weighted by atomic mass is 79.9. The molecule has 0 fully saturated rings. The molecule has 0 heterocycles. The van der Waals surface area contributed by atoms with Gasteiger partial charge in [-0.2, -0.15) is 0 Å². The van der Waals surface area contributed by atoms with E-state index in [0.717, 1.165) is 15.6 Å². The fraction of sp³-hybridized carbons (Fsp3) is 0.250. The maximum absolute atomic E-state index is 6.60. The first-order valence-electron chi connectivity index (χ1n) is 5.97. The molecule has 0 aliphatic rings. The summed E-state index contributed by atoms with van der Waals surface area (Å²) in [5.74, 6) is 0. The Hall–Kier alpha value is -0.790. The zero-order chi connectivity index (χ0) is 13.3. The molecule has 0 N–H and O–H groups in total. The number of benzene rings is 2. The van der Waals surface area contributed by atoms with Crippen LogP contribution in [0.1, 0.15) is 33.2 Å². The van der Waals surface area contributed by atoms with Crippen LogP contribution in [0.15, 0.2) is 40.9 Å². The van der Waals surface area contributed by atoms with Crippen molar-refractivity contribution in [1.29, 1.82) is 0 Å².